The third-order valence-electron chi connectivity index (χ3n) is 3.54. The Morgan fingerprint density at radius 2 is 2.17 bits per heavy atom. The molecule has 0 saturated carbocycles. The average Bonchev–Trinajstić information content (AvgIpc) is 2.94. The SMILES string of the molecule is COc1ccnc(-c2cc3[nH]c(CNC(C)=O)cc3cc2Cl)c1. The number of fused-ring (bicyclic) bond motifs is 1. The second kappa shape index (κ2) is 6.30. The number of rotatable bonds is 4. The third kappa shape index (κ3) is 3.29. The molecule has 0 aliphatic carbocycles. The van der Waals surface area contributed by atoms with Crippen LogP contribution < -0.4 is 10.1 Å². The van der Waals surface area contributed by atoms with Gasteiger partial charge in [0, 0.05) is 41.3 Å². The smallest absolute Gasteiger partial charge is 0.217 e. The highest BCUT2D eigenvalue weighted by Gasteiger charge is 2.10. The van der Waals surface area contributed by atoms with E-state index in [0.717, 1.165) is 33.6 Å². The Bertz CT molecular complexity index is 873. The summed E-state index contributed by atoms with van der Waals surface area (Å²) in [7, 11) is 1.61. The van der Waals surface area contributed by atoms with Crippen LogP contribution in [0, 0.1) is 0 Å². The van der Waals surface area contributed by atoms with Crippen molar-refractivity contribution in [3.05, 3.63) is 47.2 Å². The van der Waals surface area contributed by atoms with E-state index in [9.17, 15) is 4.79 Å². The van der Waals surface area contributed by atoms with E-state index >= 15 is 0 Å². The number of halogens is 1. The second-order valence-electron chi connectivity index (χ2n) is 5.20. The molecule has 2 N–H and O–H groups in total. The number of benzene rings is 1. The molecular formula is C17H16ClN3O2. The number of nitrogens with zero attached hydrogens (tertiary/aromatic N) is 1. The number of H-pyrrole nitrogens is 1. The first kappa shape index (κ1) is 15.4. The standard InChI is InChI=1S/C17H16ClN3O2/c1-10(22)20-9-12-5-11-6-15(18)14(8-16(11)21-12)17-7-13(23-2)3-4-19-17/h3-8,21H,9H2,1-2H3,(H,20,22). The fraction of sp³-hybridized carbons (Fsp3) is 0.176. The van der Waals surface area contributed by atoms with Crippen molar-refractivity contribution in [1.82, 2.24) is 15.3 Å². The normalized spacial score (nSPS) is 10.7. The lowest BCUT2D eigenvalue weighted by Crippen LogP contribution is -2.18. The molecule has 0 radical (unpaired) electrons. The predicted octanol–water partition coefficient (Wildman–Crippen LogP) is 3.53. The van der Waals surface area contributed by atoms with Crippen LogP contribution in [-0.4, -0.2) is 23.0 Å². The summed E-state index contributed by atoms with van der Waals surface area (Å²) in [6.07, 6.45) is 1.69. The second-order valence-corrected chi connectivity index (χ2v) is 5.61. The van der Waals surface area contributed by atoms with Gasteiger partial charge in [-0.1, -0.05) is 11.6 Å². The maximum absolute atomic E-state index is 11.0. The lowest BCUT2D eigenvalue weighted by molar-refractivity contribution is -0.119. The molecule has 0 saturated heterocycles. The molecule has 6 heteroatoms. The van der Waals surface area contributed by atoms with Crippen LogP contribution in [-0.2, 0) is 11.3 Å². The Morgan fingerprint density at radius 1 is 1.35 bits per heavy atom. The molecular weight excluding hydrogens is 314 g/mol. The van der Waals surface area contributed by atoms with Crippen LogP contribution in [0.25, 0.3) is 22.2 Å². The van der Waals surface area contributed by atoms with Gasteiger partial charge in [-0.05, 0) is 24.3 Å². The minimum Gasteiger partial charge on any atom is -0.497 e. The molecule has 1 aromatic carbocycles. The van der Waals surface area contributed by atoms with Gasteiger partial charge >= 0.3 is 0 Å². The third-order valence-corrected chi connectivity index (χ3v) is 3.85. The number of methoxy groups -OCH3 is 1. The number of pyridine rings is 1. The van der Waals surface area contributed by atoms with Gasteiger partial charge in [0.1, 0.15) is 5.75 Å². The van der Waals surface area contributed by atoms with Crippen LogP contribution in [0.4, 0.5) is 0 Å². The summed E-state index contributed by atoms with van der Waals surface area (Å²) in [5.74, 6) is 0.659. The molecule has 2 heterocycles. The summed E-state index contributed by atoms with van der Waals surface area (Å²) in [5, 5.41) is 4.37. The molecule has 5 nitrogen and oxygen atoms in total. The van der Waals surface area contributed by atoms with Crippen molar-refractivity contribution in [3.63, 3.8) is 0 Å². The number of hydrogen-bond donors (Lipinski definition) is 2. The molecule has 0 fully saturated rings. The Balaban J connectivity index is 2.01. The van der Waals surface area contributed by atoms with E-state index < -0.39 is 0 Å². The van der Waals surface area contributed by atoms with Crippen molar-refractivity contribution in [2.75, 3.05) is 7.11 Å². The van der Waals surface area contributed by atoms with E-state index in [1.54, 1.807) is 19.4 Å². The van der Waals surface area contributed by atoms with Crippen LogP contribution in [0.3, 0.4) is 0 Å². The highest BCUT2D eigenvalue weighted by molar-refractivity contribution is 6.34. The van der Waals surface area contributed by atoms with E-state index in [0.29, 0.717) is 11.6 Å². The Morgan fingerprint density at radius 3 is 2.91 bits per heavy atom. The van der Waals surface area contributed by atoms with Crippen molar-refractivity contribution in [1.29, 1.82) is 0 Å². The van der Waals surface area contributed by atoms with Gasteiger partial charge in [0.2, 0.25) is 5.91 Å². The monoisotopic (exact) mass is 329 g/mol. The predicted molar refractivity (Wildman–Crippen MR) is 90.6 cm³/mol. The molecule has 23 heavy (non-hydrogen) atoms. The van der Waals surface area contributed by atoms with Crippen molar-refractivity contribution in [2.24, 2.45) is 0 Å². The van der Waals surface area contributed by atoms with Gasteiger partial charge in [0.25, 0.3) is 0 Å². The van der Waals surface area contributed by atoms with Gasteiger partial charge in [0.15, 0.2) is 0 Å². The zero-order valence-electron chi connectivity index (χ0n) is 12.8. The fourth-order valence-electron chi connectivity index (χ4n) is 2.41. The molecule has 3 aromatic rings. The van der Waals surface area contributed by atoms with Crippen LogP contribution in [0.2, 0.25) is 5.02 Å². The van der Waals surface area contributed by atoms with Crippen LogP contribution in [0.15, 0.2) is 36.5 Å². The number of aromatic nitrogens is 2. The van der Waals surface area contributed by atoms with Gasteiger partial charge in [-0.2, -0.15) is 0 Å². The molecule has 2 aromatic heterocycles. The molecule has 0 aliphatic heterocycles. The number of carbonyl (C=O) groups excluding carboxylic acids is 1. The summed E-state index contributed by atoms with van der Waals surface area (Å²) >= 11 is 6.41. The first-order valence-corrected chi connectivity index (χ1v) is 7.50. The molecule has 0 aliphatic rings. The molecule has 1 amide bonds. The maximum Gasteiger partial charge on any atom is 0.217 e. The maximum atomic E-state index is 11.0. The molecule has 118 valence electrons. The van der Waals surface area contributed by atoms with E-state index in [-0.39, 0.29) is 5.91 Å². The molecule has 0 unspecified atom stereocenters. The van der Waals surface area contributed by atoms with E-state index in [2.05, 4.69) is 15.3 Å². The summed E-state index contributed by atoms with van der Waals surface area (Å²) in [6, 6.07) is 9.45. The van der Waals surface area contributed by atoms with Crippen LogP contribution >= 0.6 is 11.6 Å². The van der Waals surface area contributed by atoms with Crippen molar-refractivity contribution < 1.29 is 9.53 Å². The van der Waals surface area contributed by atoms with Crippen LogP contribution in [0.5, 0.6) is 5.75 Å². The lowest BCUT2D eigenvalue weighted by Gasteiger charge is -2.06. The lowest BCUT2D eigenvalue weighted by atomic mass is 10.1. The van der Waals surface area contributed by atoms with Crippen molar-refractivity contribution >= 4 is 28.4 Å². The first-order chi connectivity index (χ1) is 11.1. The number of hydrogen-bond acceptors (Lipinski definition) is 3. The van der Waals surface area contributed by atoms with Gasteiger partial charge < -0.3 is 15.0 Å². The average molecular weight is 330 g/mol. The summed E-state index contributed by atoms with van der Waals surface area (Å²) in [5.41, 5.74) is 3.43. The van der Waals surface area contributed by atoms with Gasteiger partial charge in [-0.15, -0.1) is 0 Å². The largest absolute Gasteiger partial charge is 0.497 e. The highest BCUT2D eigenvalue weighted by Crippen LogP contribution is 2.32. The zero-order chi connectivity index (χ0) is 16.4. The number of carbonyl (C=O) groups is 1. The molecule has 3 rings (SSSR count). The van der Waals surface area contributed by atoms with Crippen LogP contribution in [0.1, 0.15) is 12.6 Å². The van der Waals surface area contributed by atoms with E-state index in [1.165, 1.54) is 6.92 Å². The summed E-state index contributed by atoms with van der Waals surface area (Å²) in [4.78, 5) is 18.7. The van der Waals surface area contributed by atoms with Gasteiger partial charge in [0.05, 0.1) is 24.4 Å². The summed E-state index contributed by atoms with van der Waals surface area (Å²) in [6.45, 7) is 1.94. The Kier molecular flexibility index (Phi) is 4.21. The van der Waals surface area contributed by atoms with E-state index in [1.807, 2.05) is 24.3 Å². The number of ether oxygens (including phenoxy) is 1. The number of amides is 1. The Hall–Kier alpha value is -2.53. The van der Waals surface area contributed by atoms with Gasteiger partial charge in [-0.25, -0.2) is 0 Å². The minimum atomic E-state index is -0.0667. The molecule has 0 bridgehead atoms. The quantitative estimate of drug-likeness (QED) is 0.769. The summed E-state index contributed by atoms with van der Waals surface area (Å²) < 4.78 is 5.23. The Labute approximate surface area is 138 Å². The highest BCUT2D eigenvalue weighted by atomic mass is 35.5. The minimum absolute atomic E-state index is 0.0667. The van der Waals surface area contributed by atoms with Crippen molar-refractivity contribution in [2.45, 2.75) is 13.5 Å². The topological polar surface area (TPSA) is 67.0 Å². The molecule has 0 spiro atoms. The number of nitrogens with one attached hydrogen (secondary N) is 2. The van der Waals surface area contributed by atoms with Gasteiger partial charge in [-0.3, -0.25) is 9.78 Å². The van der Waals surface area contributed by atoms with E-state index in [4.69, 9.17) is 16.3 Å². The molecule has 0 atom stereocenters. The zero-order valence-corrected chi connectivity index (χ0v) is 13.6. The first-order valence-electron chi connectivity index (χ1n) is 7.13. The fourth-order valence-corrected chi connectivity index (χ4v) is 2.68. The number of aromatic amines is 1. The van der Waals surface area contributed by atoms with Crippen molar-refractivity contribution in [3.8, 4) is 17.0 Å².